The first-order valence-corrected chi connectivity index (χ1v) is 8.54. The maximum absolute atomic E-state index is 6.07. The molecule has 0 saturated heterocycles. The molecule has 0 amide bonds. The fourth-order valence-corrected chi connectivity index (χ4v) is 2.70. The molecule has 0 heterocycles. The van der Waals surface area contributed by atoms with Gasteiger partial charge in [-0.2, -0.15) is 0 Å². The van der Waals surface area contributed by atoms with Crippen LogP contribution >= 0.6 is 15.9 Å². The molecular weight excluding hydrogens is 330 g/mol. The van der Waals surface area contributed by atoms with E-state index in [0.29, 0.717) is 5.92 Å². The lowest BCUT2D eigenvalue weighted by molar-refractivity contribution is 0.183. The maximum Gasteiger partial charge on any atom is 0.175 e. The quantitative estimate of drug-likeness (QED) is 0.690. The van der Waals surface area contributed by atoms with Gasteiger partial charge in [-0.1, -0.05) is 27.7 Å². The van der Waals surface area contributed by atoms with Gasteiger partial charge >= 0.3 is 0 Å². The van der Waals surface area contributed by atoms with Crippen molar-refractivity contribution in [3.8, 4) is 11.5 Å². The number of ether oxygens (including phenoxy) is 2. The molecule has 0 aliphatic heterocycles. The van der Waals surface area contributed by atoms with Crippen molar-refractivity contribution in [3.05, 3.63) is 22.2 Å². The van der Waals surface area contributed by atoms with Gasteiger partial charge in [0, 0.05) is 6.54 Å². The molecule has 3 nitrogen and oxygen atoms in total. The van der Waals surface area contributed by atoms with Crippen molar-refractivity contribution in [1.82, 2.24) is 5.32 Å². The van der Waals surface area contributed by atoms with Gasteiger partial charge in [0.05, 0.1) is 17.7 Å². The molecule has 1 aromatic rings. The second kappa shape index (κ2) is 9.31. The Kier molecular flexibility index (Phi) is 8.12. The number of benzene rings is 1. The molecule has 0 saturated carbocycles. The van der Waals surface area contributed by atoms with E-state index in [1.54, 1.807) is 7.11 Å². The summed E-state index contributed by atoms with van der Waals surface area (Å²) in [6.07, 6.45) is 2.20. The van der Waals surface area contributed by atoms with Gasteiger partial charge in [0.2, 0.25) is 0 Å². The van der Waals surface area contributed by atoms with Crippen LogP contribution in [0.1, 0.15) is 46.1 Å². The van der Waals surface area contributed by atoms with E-state index in [2.05, 4.69) is 61.1 Å². The Morgan fingerprint density at radius 3 is 2.38 bits per heavy atom. The normalized spacial score (nSPS) is 11.2. The minimum Gasteiger partial charge on any atom is -0.493 e. The lowest BCUT2D eigenvalue weighted by atomic mass is 10.1. The van der Waals surface area contributed by atoms with E-state index in [-0.39, 0.29) is 6.10 Å². The van der Waals surface area contributed by atoms with Gasteiger partial charge in [-0.15, -0.1) is 0 Å². The molecule has 0 radical (unpaired) electrons. The molecule has 0 spiro atoms. The number of halogens is 1. The van der Waals surface area contributed by atoms with Crippen molar-refractivity contribution >= 4 is 15.9 Å². The van der Waals surface area contributed by atoms with E-state index in [1.165, 1.54) is 5.56 Å². The standard InChI is InChI=1S/C17H28BrNO2/c1-6-14(7-2)21-17-15(18)8-13(9-16(17)20-5)11-19-10-12(3)4/h8-9,12,14,19H,6-7,10-11H2,1-5H3. The van der Waals surface area contributed by atoms with E-state index < -0.39 is 0 Å². The van der Waals surface area contributed by atoms with Crippen molar-refractivity contribution < 1.29 is 9.47 Å². The zero-order chi connectivity index (χ0) is 15.8. The Bertz CT molecular complexity index is 431. The molecule has 0 atom stereocenters. The highest BCUT2D eigenvalue weighted by molar-refractivity contribution is 9.10. The highest BCUT2D eigenvalue weighted by atomic mass is 79.9. The number of rotatable bonds is 9. The van der Waals surface area contributed by atoms with Crippen LogP contribution in [-0.4, -0.2) is 19.8 Å². The van der Waals surface area contributed by atoms with Crippen LogP contribution in [0, 0.1) is 5.92 Å². The first-order valence-electron chi connectivity index (χ1n) is 7.75. The number of hydrogen-bond donors (Lipinski definition) is 1. The molecule has 120 valence electrons. The minimum absolute atomic E-state index is 0.222. The van der Waals surface area contributed by atoms with E-state index >= 15 is 0 Å². The zero-order valence-corrected chi connectivity index (χ0v) is 15.4. The molecule has 0 unspecified atom stereocenters. The Morgan fingerprint density at radius 1 is 1.19 bits per heavy atom. The van der Waals surface area contributed by atoms with Gasteiger partial charge in [0.1, 0.15) is 0 Å². The van der Waals surface area contributed by atoms with E-state index in [0.717, 1.165) is 41.9 Å². The Morgan fingerprint density at radius 2 is 1.86 bits per heavy atom. The smallest absolute Gasteiger partial charge is 0.175 e. The Balaban J connectivity index is 2.86. The first-order chi connectivity index (χ1) is 10.0. The molecule has 21 heavy (non-hydrogen) atoms. The van der Waals surface area contributed by atoms with Crippen LogP contribution < -0.4 is 14.8 Å². The zero-order valence-electron chi connectivity index (χ0n) is 13.8. The summed E-state index contributed by atoms with van der Waals surface area (Å²) in [6.45, 7) is 10.5. The van der Waals surface area contributed by atoms with Crippen LogP contribution in [0.2, 0.25) is 0 Å². The summed E-state index contributed by atoms with van der Waals surface area (Å²) in [4.78, 5) is 0. The van der Waals surface area contributed by atoms with E-state index in [9.17, 15) is 0 Å². The molecule has 0 aromatic heterocycles. The predicted molar refractivity (Wildman–Crippen MR) is 92.2 cm³/mol. The maximum atomic E-state index is 6.07. The van der Waals surface area contributed by atoms with Crippen LogP contribution in [0.3, 0.4) is 0 Å². The SMILES string of the molecule is CCC(CC)Oc1c(Br)cc(CNCC(C)C)cc1OC. The van der Waals surface area contributed by atoms with Crippen LogP contribution in [0.4, 0.5) is 0 Å². The largest absolute Gasteiger partial charge is 0.493 e. The third-order valence-corrected chi connectivity index (χ3v) is 3.96. The topological polar surface area (TPSA) is 30.5 Å². The predicted octanol–water partition coefficient (Wildman–Crippen LogP) is 4.77. The lowest BCUT2D eigenvalue weighted by Gasteiger charge is -2.20. The second-order valence-electron chi connectivity index (χ2n) is 5.69. The Labute approximate surface area is 137 Å². The number of nitrogens with one attached hydrogen (secondary N) is 1. The first kappa shape index (κ1) is 18.3. The molecule has 1 aromatic carbocycles. The van der Waals surface area contributed by atoms with Crippen LogP contribution in [0.15, 0.2) is 16.6 Å². The number of methoxy groups -OCH3 is 1. The van der Waals surface area contributed by atoms with Crippen molar-refractivity contribution in [2.24, 2.45) is 5.92 Å². The number of hydrogen-bond acceptors (Lipinski definition) is 3. The van der Waals surface area contributed by atoms with Crippen molar-refractivity contribution in [1.29, 1.82) is 0 Å². The third-order valence-electron chi connectivity index (χ3n) is 3.37. The molecule has 0 fully saturated rings. The molecule has 1 N–H and O–H groups in total. The molecular formula is C17H28BrNO2. The van der Waals surface area contributed by atoms with Crippen molar-refractivity contribution in [2.45, 2.75) is 53.2 Å². The fraction of sp³-hybridized carbons (Fsp3) is 0.647. The molecule has 0 aliphatic carbocycles. The summed E-state index contributed by atoms with van der Waals surface area (Å²) in [5.41, 5.74) is 1.19. The van der Waals surface area contributed by atoms with Gasteiger partial charge in [-0.25, -0.2) is 0 Å². The van der Waals surface area contributed by atoms with Gasteiger partial charge < -0.3 is 14.8 Å². The molecule has 0 aliphatic rings. The fourth-order valence-electron chi connectivity index (χ4n) is 2.12. The highest BCUT2D eigenvalue weighted by Crippen LogP contribution is 2.37. The third kappa shape index (κ3) is 5.87. The van der Waals surface area contributed by atoms with E-state index in [4.69, 9.17) is 9.47 Å². The average Bonchev–Trinajstić information content (AvgIpc) is 2.45. The summed E-state index contributed by atoms with van der Waals surface area (Å²) in [6, 6.07) is 4.16. The Hall–Kier alpha value is -0.740. The molecule has 4 heteroatoms. The molecule has 1 rings (SSSR count). The van der Waals surface area contributed by atoms with Crippen molar-refractivity contribution in [2.75, 3.05) is 13.7 Å². The van der Waals surface area contributed by atoms with Crippen LogP contribution in [-0.2, 0) is 6.54 Å². The van der Waals surface area contributed by atoms with Crippen LogP contribution in [0.5, 0.6) is 11.5 Å². The lowest BCUT2D eigenvalue weighted by Crippen LogP contribution is -2.19. The second-order valence-corrected chi connectivity index (χ2v) is 6.54. The summed E-state index contributed by atoms with van der Waals surface area (Å²) < 4.78 is 12.5. The highest BCUT2D eigenvalue weighted by Gasteiger charge is 2.15. The van der Waals surface area contributed by atoms with Gasteiger partial charge in [0.25, 0.3) is 0 Å². The minimum atomic E-state index is 0.222. The summed E-state index contributed by atoms with van der Waals surface area (Å²) >= 11 is 3.61. The van der Waals surface area contributed by atoms with Gasteiger partial charge in [-0.3, -0.25) is 0 Å². The van der Waals surface area contributed by atoms with Gasteiger partial charge in [-0.05, 0) is 58.9 Å². The summed E-state index contributed by atoms with van der Waals surface area (Å²) in [5.74, 6) is 2.24. The van der Waals surface area contributed by atoms with Gasteiger partial charge in [0.15, 0.2) is 11.5 Å². The monoisotopic (exact) mass is 357 g/mol. The summed E-state index contributed by atoms with van der Waals surface area (Å²) in [5, 5.41) is 3.45. The molecule has 0 bridgehead atoms. The van der Waals surface area contributed by atoms with Crippen molar-refractivity contribution in [3.63, 3.8) is 0 Å². The van der Waals surface area contributed by atoms with Crippen LogP contribution in [0.25, 0.3) is 0 Å². The van der Waals surface area contributed by atoms with E-state index in [1.807, 2.05) is 0 Å². The average molecular weight is 358 g/mol. The summed E-state index contributed by atoms with van der Waals surface area (Å²) in [7, 11) is 1.69.